The molecule has 142 valence electrons. The van der Waals surface area contributed by atoms with Gasteiger partial charge in [-0.3, -0.25) is 14.4 Å². The molecule has 1 heterocycles. The van der Waals surface area contributed by atoms with Gasteiger partial charge in [-0.2, -0.15) is 5.48 Å². The van der Waals surface area contributed by atoms with Crippen LogP contribution >= 0.6 is 11.3 Å². The van der Waals surface area contributed by atoms with Crippen molar-refractivity contribution in [1.82, 2.24) is 5.48 Å². The fourth-order valence-electron chi connectivity index (χ4n) is 3.45. The van der Waals surface area contributed by atoms with E-state index in [1.807, 2.05) is 30.3 Å². The molecule has 1 aromatic heterocycles. The van der Waals surface area contributed by atoms with Crippen LogP contribution in [0.25, 0.3) is 0 Å². The molecule has 0 aliphatic heterocycles. The van der Waals surface area contributed by atoms with Crippen LogP contribution in [-0.2, 0) is 22.7 Å². The maximum Gasteiger partial charge on any atom is 0.251 e. The van der Waals surface area contributed by atoms with Gasteiger partial charge in [0.25, 0.3) is 5.91 Å². The normalized spacial score (nSPS) is 18.7. The Morgan fingerprint density at radius 3 is 2.67 bits per heavy atom. The largest absolute Gasteiger partial charge is 0.365 e. The summed E-state index contributed by atoms with van der Waals surface area (Å²) in [6.45, 7) is 0.464. The van der Waals surface area contributed by atoms with Gasteiger partial charge in [0.2, 0.25) is 5.91 Å². The van der Waals surface area contributed by atoms with Gasteiger partial charge < -0.3 is 11.1 Å². The van der Waals surface area contributed by atoms with Crippen LogP contribution in [0, 0.1) is 5.92 Å². The Labute approximate surface area is 162 Å². The van der Waals surface area contributed by atoms with E-state index in [0.717, 1.165) is 48.1 Å². The minimum Gasteiger partial charge on any atom is -0.365 e. The monoisotopic (exact) mass is 385 g/mol. The fourth-order valence-corrected chi connectivity index (χ4v) is 4.78. The maximum atomic E-state index is 12.2. The first-order chi connectivity index (χ1) is 13.1. The number of thiophene rings is 1. The van der Waals surface area contributed by atoms with E-state index in [9.17, 15) is 9.59 Å². The van der Waals surface area contributed by atoms with Crippen molar-refractivity contribution in [1.29, 1.82) is 0 Å². The van der Waals surface area contributed by atoms with E-state index < -0.39 is 5.91 Å². The Balaban J connectivity index is 1.50. The number of benzene rings is 1. The highest BCUT2D eigenvalue weighted by Gasteiger charge is 2.34. The molecule has 27 heavy (non-hydrogen) atoms. The lowest BCUT2D eigenvalue weighted by Crippen LogP contribution is -2.25. The maximum absolute atomic E-state index is 12.2. The van der Waals surface area contributed by atoms with Crippen molar-refractivity contribution >= 4 is 28.2 Å². The highest BCUT2D eigenvalue weighted by Crippen LogP contribution is 2.43. The number of nitrogens with one attached hydrogen (secondary N) is 2. The number of nitrogens with two attached hydrogens (primary N) is 1. The van der Waals surface area contributed by atoms with E-state index in [4.69, 9.17) is 10.6 Å². The second kappa shape index (κ2) is 7.80. The molecule has 2 aliphatic rings. The van der Waals surface area contributed by atoms with Gasteiger partial charge in [0.05, 0.1) is 18.2 Å². The Hall–Kier alpha value is -2.22. The first kappa shape index (κ1) is 18.2. The zero-order valence-electron chi connectivity index (χ0n) is 15.0. The molecule has 1 aromatic carbocycles. The molecule has 1 fully saturated rings. The highest BCUT2D eigenvalue weighted by atomic mass is 32.1. The van der Waals surface area contributed by atoms with Crippen LogP contribution in [0.1, 0.15) is 58.1 Å². The number of fused-ring (bicyclic) bond motifs is 1. The zero-order chi connectivity index (χ0) is 18.8. The molecule has 1 atom stereocenters. The molecule has 2 aliphatic carbocycles. The number of carbonyl (C=O) groups is 2. The minimum absolute atomic E-state index is 0.00728. The van der Waals surface area contributed by atoms with E-state index in [-0.39, 0.29) is 17.9 Å². The van der Waals surface area contributed by atoms with Crippen LogP contribution in [0.2, 0.25) is 0 Å². The molecular formula is C20H23N3O3S. The highest BCUT2D eigenvalue weighted by molar-refractivity contribution is 7.17. The Kier molecular flexibility index (Phi) is 5.24. The minimum atomic E-state index is -0.482. The van der Waals surface area contributed by atoms with E-state index in [1.165, 1.54) is 11.3 Å². The van der Waals surface area contributed by atoms with Gasteiger partial charge in [-0.25, -0.2) is 0 Å². The van der Waals surface area contributed by atoms with E-state index >= 15 is 0 Å². The molecule has 4 rings (SSSR count). The quantitative estimate of drug-likeness (QED) is 0.638. The van der Waals surface area contributed by atoms with Crippen molar-refractivity contribution < 1.29 is 14.4 Å². The van der Waals surface area contributed by atoms with Crippen LogP contribution in [0.4, 0.5) is 5.00 Å². The molecule has 2 amide bonds. The van der Waals surface area contributed by atoms with Crippen molar-refractivity contribution in [2.24, 2.45) is 11.7 Å². The predicted octanol–water partition coefficient (Wildman–Crippen LogP) is 3.29. The molecule has 1 saturated carbocycles. The van der Waals surface area contributed by atoms with E-state index in [1.54, 1.807) is 0 Å². The van der Waals surface area contributed by atoms with Crippen molar-refractivity contribution in [2.45, 2.75) is 44.8 Å². The molecule has 7 heteroatoms. The van der Waals surface area contributed by atoms with Crippen LogP contribution in [0.15, 0.2) is 30.3 Å². The summed E-state index contributed by atoms with van der Waals surface area (Å²) in [4.78, 5) is 31.0. The number of hydroxylamine groups is 1. The topological polar surface area (TPSA) is 93.5 Å². The number of hydrogen-bond donors (Lipinski definition) is 3. The first-order valence-electron chi connectivity index (χ1n) is 9.31. The van der Waals surface area contributed by atoms with Gasteiger partial charge >= 0.3 is 0 Å². The second-order valence-corrected chi connectivity index (χ2v) is 8.17. The summed E-state index contributed by atoms with van der Waals surface area (Å²) in [5.41, 5.74) is 11.3. The summed E-state index contributed by atoms with van der Waals surface area (Å²) < 4.78 is 0. The molecule has 0 saturated heterocycles. The van der Waals surface area contributed by atoms with Gasteiger partial charge in [-0.1, -0.05) is 30.3 Å². The first-order valence-corrected chi connectivity index (χ1v) is 10.1. The molecule has 0 bridgehead atoms. The predicted molar refractivity (Wildman–Crippen MR) is 104 cm³/mol. The summed E-state index contributed by atoms with van der Waals surface area (Å²) in [6.07, 6.45) is 4.48. The molecule has 2 aromatic rings. The van der Waals surface area contributed by atoms with Crippen molar-refractivity contribution in [3.05, 3.63) is 51.9 Å². The fraction of sp³-hybridized carbons (Fsp3) is 0.400. The lowest BCUT2D eigenvalue weighted by Gasteiger charge is -2.23. The molecule has 0 spiro atoms. The van der Waals surface area contributed by atoms with Crippen molar-refractivity contribution in [2.75, 3.05) is 5.32 Å². The number of rotatable bonds is 7. The summed E-state index contributed by atoms with van der Waals surface area (Å²) in [7, 11) is 0. The van der Waals surface area contributed by atoms with Gasteiger partial charge in [0.1, 0.15) is 5.00 Å². The van der Waals surface area contributed by atoms with Gasteiger partial charge in [-0.05, 0) is 43.2 Å². The summed E-state index contributed by atoms with van der Waals surface area (Å²) in [5, 5.41) is 3.51. The van der Waals surface area contributed by atoms with E-state index in [0.29, 0.717) is 17.2 Å². The molecular weight excluding hydrogens is 362 g/mol. The third-order valence-corrected chi connectivity index (χ3v) is 6.27. The number of carbonyl (C=O) groups excluding carboxylic acids is 2. The van der Waals surface area contributed by atoms with Crippen LogP contribution < -0.4 is 16.5 Å². The van der Waals surface area contributed by atoms with Crippen molar-refractivity contribution in [3.63, 3.8) is 0 Å². The molecule has 1 unspecified atom stereocenters. The molecule has 0 radical (unpaired) electrons. The zero-order valence-corrected chi connectivity index (χ0v) is 15.8. The van der Waals surface area contributed by atoms with Crippen LogP contribution in [-0.4, -0.2) is 11.8 Å². The van der Waals surface area contributed by atoms with E-state index in [2.05, 4.69) is 10.8 Å². The molecule has 4 N–H and O–H groups in total. The SMILES string of the molecule is NC(=O)c1c(NC(=O)C2CC2)sc2c1CCCC2NOCc1ccccc1. The van der Waals surface area contributed by atoms with Gasteiger partial charge in [-0.15, -0.1) is 11.3 Å². The summed E-state index contributed by atoms with van der Waals surface area (Å²) in [5.74, 6) is -0.418. The second-order valence-electron chi connectivity index (χ2n) is 7.11. The Morgan fingerprint density at radius 2 is 1.96 bits per heavy atom. The average Bonchev–Trinajstić information content (AvgIpc) is 3.44. The number of primary amides is 1. The van der Waals surface area contributed by atoms with Gasteiger partial charge in [0, 0.05) is 10.8 Å². The summed E-state index contributed by atoms with van der Waals surface area (Å²) in [6, 6.07) is 9.94. The van der Waals surface area contributed by atoms with Crippen molar-refractivity contribution in [3.8, 4) is 0 Å². The third kappa shape index (κ3) is 4.05. The average molecular weight is 385 g/mol. The van der Waals surface area contributed by atoms with Gasteiger partial charge in [0.15, 0.2) is 0 Å². The lowest BCUT2D eigenvalue weighted by molar-refractivity contribution is -0.117. The number of anilines is 1. The molecule has 6 nitrogen and oxygen atoms in total. The number of hydrogen-bond acceptors (Lipinski definition) is 5. The lowest BCUT2D eigenvalue weighted by atomic mass is 9.92. The standard InChI is InChI=1S/C20H23N3O3S/c21-18(24)16-14-7-4-8-15(23-26-11-12-5-2-1-3-6-12)17(14)27-20(16)22-19(25)13-9-10-13/h1-3,5-6,13,15,23H,4,7-11H2,(H2,21,24)(H,22,25). The Bertz CT molecular complexity index is 846. The third-order valence-electron chi connectivity index (χ3n) is 5.01. The Morgan fingerprint density at radius 1 is 1.19 bits per heavy atom. The summed E-state index contributed by atoms with van der Waals surface area (Å²) >= 11 is 1.44. The van der Waals surface area contributed by atoms with Crippen LogP contribution in [0.5, 0.6) is 0 Å². The smallest absolute Gasteiger partial charge is 0.251 e. The number of amides is 2. The van der Waals surface area contributed by atoms with Crippen LogP contribution in [0.3, 0.4) is 0 Å².